The van der Waals surface area contributed by atoms with E-state index in [1.54, 1.807) is 0 Å². The second kappa shape index (κ2) is 6.30. The molecule has 0 rings (SSSR count). The molecule has 0 saturated carbocycles. The molecule has 0 radical (unpaired) electrons. The van der Waals surface area contributed by atoms with Gasteiger partial charge < -0.3 is 35.7 Å². The lowest BCUT2D eigenvalue weighted by Crippen LogP contribution is -2.49. The molecule has 0 aliphatic carbocycles. The quantitative estimate of drug-likeness (QED) is 0.297. The molecule has 0 unspecified atom stereocenters. The van der Waals surface area contributed by atoms with Crippen LogP contribution in [0, 0.1) is 0 Å². The lowest BCUT2D eigenvalue weighted by atomic mass is 10.0. The fraction of sp³-hybridized carbons (Fsp3) is 0.714. The fourth-order valence-electron chi connectivity index (χ4n) is 0.869. The zero-order valence-corrected chi connectivity index (χ0v) is 7.61. The summed E-state index contributed by atoms with van der Waals surface area (Å²) in [6, 6.07) is 0. The second-order valence-corrected chi connectivity index (χ2v) is 2.74. The van der Waals surface area contributed by atoms with Crippen LogP contribution >= 0.6 is 0 Å². The molecule has 0 aliphatic heterocycles. The number of hydrogen-bond donors (Lipinski definition) is 5. The van der Waals surface area contributed by atoms with E-state index in [-0.39, 0.29) is 6.29 Å². The fourth-order valence-corrected chi connectivity index (χ4v) is 0.869. The van der Waals surface area contributed by atoms with Gasteiger partial charge >= 0.3 is 6.09 Å². The van der Waals surface area contributed by atoms with Crippen LogP contribution in [0.1, 0.15) is 0 Å². The normalized spacial score (nSPS) is 19.3. The van der Waals surface area contributed by atoms with Crippen LogP contribution < -0.4 is 5.73 Å². The third-order valence-electron chi connectivity index (χ3n) is 1.64. The van der Waals surface area contributed by atoms with Crippen molar-refractivity contribution in [1.82, 2.24) is 0 Å². The Labute approximate surface area is 86.3 Å². The highest BCUT2D eigenvalue weighted by Crippen LogP contribution is 2.08. The van der Waals surface area contributed by atoms with Crippen LogP contribution in [-0.2, 0) is 9.53 Å². The molecule has 88 valence electrons. The topological polar surface area (TPSA) is 150 Å². The van der Waals surface area contributed by atoms with E-state index in [9.17, 15) is 14.7 Å². The first-order valence-corrected chi connectivity index (χ1v) is 3.96. The van der Waals surface area contributed by atoms with Crippen LogP contribution in [0.4, 0.5) is 4.79 Å². The minimum Gasteiger partial charge on any atom is -0.440 e. The number of carbonyl (C=O) groups is 2. The zero-order valence-electron chi connectivity index (χ0n) is 8.61. The van der Waals surface area contributed by atoms with Gasteiger partial charge in [-0.15, -0.1) is 0 Å². The van der Waals surface area contributed by atoms with Crippen molar-refractivity contribution < 1.29 is 36.2 Å². The average molecular weight is 224 g/mol. The molecular formula is C7H13NO7. The number of primary amides is 1. The molecule has 0 bridgehead atoms. The molecule has 8 nitrogen and oxygen atoms in total. The van der Waals surface area contributed by atoms with Gasteiger partial charge in [-0.3, -0.25) is 0 Å². The Morgan fingerprint density at radius 1 is 1.53 bits per heavy atom. The van der Waals surface area contributed by atoms with Crippen LogP contribution in [0.15, 0.2) is 0 Å². The molecule has 0 aliphatic rings. The molecule has 8 heteroatoms. The Hall–Kier alpha value is -1.22. The third-order valence-corrected chi connectivity index (χ3v) is 1.64. The minimum absolute atomic E-state index is 0.0186. The van der Waals surface area contributed by atoms with Gasteiger partial charge in [0.25, 0.3) is 0 Å². The molecule has 1 amide bonds. The van der Waals surface area contributed by atoms with Gasteiger partial charge in [0, 0.05) is 0 Å². The molecule has 4 atom stereocenters. The molecule has 0 saturated heterocycles. The van der Waals surface area contributed by atoms with Crippen molar-refractivity contribution in [3.63, 3.8) is 0 Å². The largest absolute Gasteiger partial charge is 0.440 e. The summed E-state index contributed by atoms with van der Waals surface area (Å²) in [4.78, 5) is 20.9. The molecule has 15 heavy (non-hydrogen) atoms. The second-order valence-electron chi connectivity index (χ2n) is 2.74. The van der Waals surface area contributed by atoms with Crippen molar-refractivity contribution in [2.24, 2.45) is 5.73 Å². The van der Waals surface area contributed by atoms with Crippen molar-refractivity contribution >= 4 is 12.4 Å². The Kier molecular flexibility index (Phi) is 4.98. The molecule has 6 N–H and O–H groups in total. The van der Waals surface area contributed by atoms with Crippen molar-refractivity contribution in [3.8, 4) is 0 Å². The highest BCUT2D eigenvalue weighted by molar-refractivity contribution is 5.66. The van der Waals surface area contributed by atoms with E-state index in [1.165, 1.54) is 5.73 Å². The Balaban J connectivity index is 4.65. The standard InChI is InChI=1S/C7H13NO7/c8-7(14)15-6(4(12)2-10)5(13)3(11)1-9/h2-6,9,11-13H,1H2,(H2,8,14)/t3-,4-,5-,6-/m1/s1/i/hD. The van der Waals surface area contributed by atoms with Crippen molar-refractivity contribution in [2.75, 3.05) is 6.61 Å². The van der Waals surface area contributed by atoms with Crippen molar-refractivity contribution in [1.29, 1.82) is 0 Å². The monoisotopic (exact) mass is 224 g/mol. The number of hydrogen-bond acceptors (Lipinski definition) is 7. The van der Waals surface area contributed by atoms with E-state index in [2.05, 4.69) is 4.74 Å². The first-order valence-electron chi connectivity index (χ1n) is 4.46. The summed E-state index contributed by atoms with van der Waals surface area (Å²) in [5, 5.41) is 36.0. The van der Waals surface area contributed by atoms with Crippen LogP contribution in [0.2, 0.25) is 1.41 Å². The first kappa shape index (κ1) is 11.9. The van der Waals surface area contributed by atoms with Gasteiger partial charge in [0.1, 0.15) is 18.3 Å². The van der Waals surface area contributed by atoms with E-state index < -0.39 is 37.1 Å². The minimum atomic E-state index is -1.88. The lowest BCUT2D eigenvalue weighted by molar-refractivity contribution is -0.136. The van der Waals surface area contributed by atoms with E-state index in [0.717, 1.165) is 0 Å². The van der Waals surface area contributed by atoms with Gasteiger partial charge in [-0.25, -0.2) is 4.79 Å². The Morgan fingerprint density at radius 3 is 2.53 bits per heavy atom. The van der Waals surface area contributed by atoms with Crippen LogP contribution in [-0.4, -0.2) is 63.8 Å². The van der Waals surface area contributed by atoms with Crippen LogP contribution in [0.3, 0.4) is 0 Å². The van der Waals surface area contributed by atoms with E-state index in [4.69, 9.17) is 16.7 Å². The van der Waals surface area contributed by atoms with E-state index in [0.29, 0.717) is 0 Å². The predicted molar refractivity (Wildman–Crippen MR) is 45.6 cm³/mol. The summed E-state index contributed by atoms with van der Waals surface area (Å²) in [5.74, 6) is 0. The molecular weight excluding hydrogens is 210 g/mol. The summed E-state index contributed by atoms with van der Waals surface area (Å²) in [7, 11) is 0. The number of aldehydes is 1. The number of rotatable bonds is 6. The number of carbonyl (C=O) groups excluding carboxylic acids is 2. The summed E-state index contributed by atoms with van der Waals surface area (Å²) < 4.78 is 10.7. The summed E-state index contributed by atoms with van der Waals surface area (Å²) >= 11 is 0. The number of amides is 1. The maximum Gasteiger partial charge on any atom is 0.404 e. The number of nitrogens with two attached hydrogens (primary N) is 1. The SMILES string of the molecule is [2H]NC(=O)O[C@@H]([C@H](O)[C@H](O)CO)[C@H](O)C=O. The number of aliphatic hydroxyl groups is 4. The molecule has 0 aromatic heterocycles. The van der Waals surface area contributed by atoms with Crippen molar-refractivity contribution in [2.45, 2.75) is 24.4 Å². The Morgan fingerprint density at radius 2 is 2.13 bits per heavy atom. The first-order chi connectivity index (χ1) is 7.47. The van der Waals surface area contributed by atoms with Gasteiger partial charge in [-0.05, 0) is 0 Å². The van der Waals surface area contributed by atoms with Gasteiger partial charge in [0.05, 0.1) is 6.61 Å². The third kappa shape index (κ3) is 4.21. The maximum atomic E-state index is 10.7. The summed E-state index contributed by atoms with van der Waals surface area (Å²) in [5.41, 5.74) is 1.29. The van der Waals surface area contributed by atoms with Crippen LogP contribution in [0.25, 0.3) is 0 Å². The van der Waals surface area contributed by atoms with E-state index in [1.807, 2.05) is 0 Å². The van der Waals surface area contributed by atoms with Gasteiger partial charge in [-0.2, -0.15) is 0 Å². The smallest absolute Gasteiger partial charge is 0.404 e. The summed E-state index contributed by atoms with van der Waals surface area (Å²) in [6.07, 6.45) is -8.55. The Bertz CT molecular complexity index is 239. The van der Waals surface area contributed by atoms with E-state index >= 15 is 0 Å². The highest BCUT2D eigenvalue weighted by Gasteiger charge is 2.34. The van der Waals surface area contributed by atoms with Crippen LogP contribution in [0.5, 0.6) is 0 Å². The lowest BCUT2D eigenvalue weighted by Gasteiger charge is -2.26. The number of ether oxygens (including phenoxy) is 1. The van der Waals surface area contributed by atoms with Gasteiger partial charge in [0.15, 0.2) is 13.8 Å². The highest BCUT2D eigenvalue weighted by atomic mass is 16.6. The molecule has 0 spiro atoms. The molecule has 0 heterocycles. The summed E-state index contributed by atoms with van der Waals surface area (Å²) in [6.45, 7) is -0.852. The predicted octanol–water partition coefficient (Wildman–Crippen LogP) is -3.28. The number of aliphatic hydroxyl groups excluding tert-OH is 4. The molecule has 0 fully saturated rings. The van der Waals surface area contributed by atoms with Gasteiger partial charge in [0.2, 0.25) is 0 Å². The zero-order chi connectivity index (χ0) is 12.7. The average Bonchev–Trinajstić information content (AvgIpc) is 2.32. The molecule has 0 aromatic rings. The van der Waals surface area contributed by atoms with Gasteiger partial charge in [-0.1, -0.05) is 0 Å². The maximum absolute atomic E-state index is 10.7. The van der Waals surface area contributed by atoms with Crippen molar-refractivity contribution in [3.05, 3.63) is 0 Å². The molecule has 0 aromatic carbocycles.